The average Bonchev–Trinajstić information content (AvgIpc) is 2.25. The molecule has 1 heterocycles. The van der Waals surface area contributed by atoms with Gasteiger partial charge in [0.05, 0.1) is 6.61 Å². The van der Waals surface area contributed by atoms with Crippen molar-refractivity contribution in [3.63, 3.8) is 0 Å². The number of carbonyl (C=O) groups is 1. The van der Waals surface area contributed by atoms with Crippen LogP contribution in [0.15, 0.2) is 12.2 Å². The van der Waals surface area contributed by atoms with Gasteiger partial charge in [0, 0.05) is 19.0 Å². The zero-order chi connectivity index (χ0) is 12.2. The highest BCUT2D eigenvalue weighted by molar-refractivity contribution is 6.67. The lowest BCUT2D eigenvalue weighted by Crippen LogP contribution is -2.39. The second-order valence-corrected chi connectivity index (χ2v) is 5.96. The number of amides is 1. The predicted octanol–water partition coefficient (Wildman–Crippen LogP) is 1.97. The summed E-state index contributed by atoms with van der Waals surface area (Å²) in [6.07, 6.45) is 3.11. The van der Waals surface area contributed by atoms with E-state index in [4.69, 9.17) is 44.6 Å². The first-order valence-corrected chi connectivity index (χ1v) is 5.82. The highest BCUT2D eigenvalue weighted by Crippen LogP contribution is 2.26. The van der Waals surface area contributed by atoms with Crippen LogP contribution in [0.25, 0.3) is 0 Å². The number of aliphatic hydroxyl groups is 1. The van der Waals surface area contributed by atoms with Crippen molar-refractivity contribution in [1.29, 1.82) is 0 Å². The Morgan fingerprint density at radius 2 is 2.25 bits per heavy atom. The van der Waals surface area contributed by atoms with E-state index in [2.05, 4.69) is 0 Å². The Balaban J connectivity index is 2.40. The Hall–Kier alpha value is -0.160. The molecule has 4 nitrogen and oxygen atoms in total. The molecule has 0 spiro atoms. The molecule has 0 radical (unpaired) electrons. The van der Waals surface area contributed by atoms with Crippen LogP contribution in [0.4, 0.5) is 4.79 Å². The molecule has 1 N–H and O–H groups in total. The highest BCUT2D eigenvalue weighted by Gasteiger charge is 2.26. The van der Waals surface area contributed by atoms with E-state index in [1.165, 1.54) is 4.90 Å². The molecule has 0 saturated carbocycles. The lowest BCUT2D eigenvalue weighted by Gasteiger charge is -2.27. The molecule has 1 atom stereocenters. The van der Waals surface area contributed by atoms with Gasteiger partial charge in [-0.15, -0.1) is 0 Å². The van der Waals surface area contributed by atoms with Crippen molar-refractivity contribution in [3.05, 3.63) is 12.2 Å². The average molecular weight is 289 g/mol. The molecular formula is C9H12Cl3NO3. The normalized spacial score (nSPS) is 21.0. The number of hydrogen-bond acceptors (Lipinski definition) is 3. The Bertz CT molecular complexity index is 278. The van der Waals surface area contributed by atoms with E-state index in [1.54, 1.807) is 6.08 Å². The van der Waals surface area contributed by atoms with Gasteiger partial charge in [-0.3, -0.25) is 0 Å². The Labute approximate surface area is 109 Å². The van der Waals surface area contributed by atoms with Crippen LogP contribution in [0.3, 0.4) is 0 Å². The van der Waals surface area contributed by atoms with E-state index in [9.17, 15) is 4.79 Å². The van der Waals surface area contributed by atoms with E-state index in [0.29, 0.717) is 13.1 Å². The number of carbonyl (C=O) groups excluding carboxylic acids is 1. The summed E-state index contributed by atoms with van der Waals surface area (Å²) in [5.41, 5.74) is 0. The van der Waals surface area contributed by atoms with E-state index >= 15 is 0 Å². The van der Waals surface area contributed by atoms with Crippen LogP contribution in [0.2, 0.25) is 0 Å². The number of halogens is 3. The first kappa shape index (κ1) is 13.9. The van der Waals surface area contributed by atoms with Gasteiger partial charge in [-0.05, 0) is 0 Å². The lowest BCUT2D eigenvalue weighted by atomic mass is 10.1. The van der Waals surface area contributed by atoms with Crippen molar-refractivity contribution in [1.82, 2.24) is 4.90 Å². The number of aliphatic hydroxyl groups excluding tert-OH is 1. The standard InChI is InChI=1S/C9H12Cl3NO3/c10-9(11,12)6-16-8(15)13-3-1-2-7(4-13)5-14/h1-2,7,14H,3-6H2/t7-/m1/s1. The van der Waals surface area contributed by atoms with Crippen molar-refractivity contribution in [3.8, 4) is 0 Å². The molecule has 0 aromatic carbocycles. The summed E-state index contributed by atoms with van der Waals surface area (Å²) in [6, 6.07) is 0. The molecule has 92 valence electrons. The number of nitrogens with zero attached hydrogens (tertiary/aromatic N) is 1. The third-order valence-electron chi connectivity index (χ3n) is 2.04. The maximum atomic E-state index is 11.5. The molecule has 1 aliphatic rings. The molecule has 1 aliphatic heterocycles. The van der Waals surface area contributed by atoms with Gasteiger partial charge in [-0.25, -0.2) is 4.79 Å². The quantitative estimate of drug-likeness (QED) is 0.624. The smallest absolute Gasteiger partial charge is 0.410 e. The number of ether oxygens (including phenoxy) is 1. The van der Waals surface area contributed by atoms with Crippen LogP contribution >= 0.6 is 34.8 Å². The van der Waals surface area contributed by atoms with Crippen LogP contribution in [-0.4, -0.2) is 46.2 Å². The van der Waals surface area contributed by atoms with Gasteiger partial charge in [0.1, 0.15) is 6.61 Å². The summed E-state index contributed by atoms with van der Waals surface area (Å²) >= 11 is 16.4. The summed E-state index contributed by atoms with van der Waals surface area (Å²) in [4.78, 5) is 13.0. The summed E-state index contributed by atoms with van der Waals surface area (Å²) < 4.78 is 3.21. The van der Waals surface area contributed by atoms with Crippen LogP contribution in [0, 0.1) is 5.92 Å². The Morgan fingerprint density at radius 1 is 1.56 bits per heavy atom. The van der Waals surface area contributed by atoms with Crippen molar-refractivity contribution >= 4 is 40.9 Å². The van der Waals surface area contributed by atoms with Crippen LogP contribution < -0.4 is 0 Å². The fourth-order valence-electron chi connectivity index (χ4n) is 1.30. The van der Waals surface area contributed by atoms with E-state index in [-0.39, 0.29) is 19.1 Å². The summed E-state index contributed by atoms with van der Waals surface area (Å²) in [6.45, 7) is 0.548. The minimum atomic E-state index is -1.60. The molecule has 0 aromatic heterocycles. The molecule has 0 aromatic rings. The van der Waals surface area contributed by atoms with E-state index < -0.39 is 9.89 Å². The molecule has 1 rings (SSSR count). The predicted molar refractivity (Wildman–Crippen MR) is 62.9 cm³/mol. The summed E-state index contributed by atoms with van der Waals surface area (Å²) in [7, 11) is 0. The fraction of sp³-hybridized carbons (Fsp3) is 0.667. The second kappa shape index (κ2) is 5.96. The second-order valence-electron chi connectivity index (χ2n) is 3.45. The minimum Gasteiger partial charge on any atom is -0.445 e. The Morgan fingerprint density at radius 3 is 2.81 bits per heavy atom. The molecule has 0 aliphatic carbocycles. The first-order valence-electron chi connectivity index (χ1n) is 4.68. The molecule has 16 heavy (non-hydrogen) atoms. The third kappa shape index (κ3) is 4.78. The van der Waals surface area contributed by atoms with Gasteiger partial charge in [-0.2, -0.15) is 0 Å². The number of alkyl halides is 3. The highest BCUT2D eigenvalue weighted by atomic mass is 35.6. The van der Waals surface area contributed by atoms with Gasteiger partial charge in [0.25, 0.3) is 0 Å². The minimum absolute atomic E-state index is 0.00919. The monoisotopic (exact) mass is 287 g/mol. The largest absolute Gasteiger partial charge is 0.445 e. The van der Waals surface area contributed by atoms with Crippen molar-refractivity contribution in [2.24, 2.45) is 5.92 Å². The molecule has 1 amide bonds. The maximum absolute atomic E-state index is 11.5. The molecule has 0 unspecified atom stereocenters. The molecule has 0 fully saturated rings. The van der Waals surface area contributed by atoms with Gasteiger partial charge >= 0.3 is 6.09 Å². The van der Waals surface area contributed by atoms with E-state index in [1.807, 2.05) is 6.08 Å². The number of hydrogen-bond donors (Lipinski definition) is 1. The fourth-order valence-corrected chi connectivity index (χ4v) is 1.47. The van der Waals surface area contributed by atoms with Gasteiger partial charge < -0.3 is 14.7 Å². The van der Waals surface area contributed by atoms with Gasteiger partial charge in [0.15, 0.2) is 0 Å². The summed E-state index contributed by atoms with van der Waals surface area (Å²) in [5.74, 6) is -0.0611. The van der Waals surface area contributed by atoms with E-state index in [0.717, 1.165) is 0 Å². The van der Waals surface area contributed by atoms with Crippen LogP contribution in [0.1, 0.15) is 0 Å². The molecule has 7 heteroatoms. The zero-order valence-corrected chi connectivity index (χ0v) is 10.7. The summed E-state index contributed by atoms with van der Waals surface area (Å²) in [5, 5.41) is 8.96. The van der Waals surface area contributed by atoms with Gasteiger partial charge in [-0.1, -0.05) is 47.0 Å². The molecular weight excluding hydrogens is 276 g/mol. The Kier molecular flexibility index (Phi) is 5.18. The SMILES string of the molecule is O=C(OCC(Cl)(Cl)Cl)N1CC=C[C@@H](CO)C1. The van der Waals surface area contributed by atoms with Crippen molar-refractivity contribution in [2.75, 3.05) is 26.3 Å². The third-order valence-corrected chi connectivity index (χ3v) is 2.37. The van der Waals surface area contributed by atoms with Crippen molar-refractivity contribution in [2.45, 2.75) is 3.79 Å². The molecule has 0 saturated heterocycles. The zero-order valence-electron chi connectivity index (χ0n) is 8.41. The van der Waals surface area contributed by atoms with Crippen LogP contribution in [0.5, 0.6) is 0 Å². The maximum Gasteiger partial charge on any atom is 0.410 e. The van der Waals surface area contributed by atoms with Crippen molar-refractivity contribution < 1.29 is 14.6 Å². The topological polar surface area (TPSA) is 49.8 Å². The first-order chi connectivity index (χ1) is 7.42. The number of rotatable bonds is 2. The van der Waals surface area contributed by atoms with Gasteiger partial charge in [0.2, 0.25) is 3.79 Å². The molecule has 0 bridgehead atoms. The lowest BCUT2D eigenvalue weighted by molar-refractivity contribution is 0.0970. The van der Waals surface area contributed by atoms with Crippen LogP contribution in [-0.2, 0) is 4.74 Å².